The Balaban J connectivity index is 1.78. The zero-order valence-electron chi connectivity index (χ0n) is 14.6. The van der Waals surface area contributed by atoms with Crippen LogP contribution in [0.1, 0.15) is 40.5 Å². The smallest absolute Gasteiger partial charge is 0.225 e. The number of alkyl halides is 1. The van der Waals surface area contributed by atoms with Crippen LogP contribution in [-0.2, 0) is 4.79 Å². The predicted molar refractivity (Wildman–Crippen MR) is 87.6 cm³/mol. The minimum absolute atomic E-state index is 0.0104. The highest BCUT2D eigenvalue weighted by Gasteiger charge is 2.38. The van der Waals surface area contributed by atoms with Crippen molar-refractivity contribution in [2.45, 2.75) is 52.2 Å². The molecule has 2 fully saturated rings. The molecule has 0 aliphatic carbocycles. The Kier molecular flexibility index (Phi) is 5.83. The van der Waals surface area contributed by atoms with Crippen molar-refractivity contribution in [3.63, 3.8) is 0 Å². The first-order valence-electron chi connectivity index (χ1n) is 8.75. The minimum atomic E-state index is -1.12. The summed E-state index contributed by atoms with van der Waals surface area (Å²) >= 11 is 0. The van der Waals surface area contributed by atoms with Crippen molar-refractivity contribution in [2.24, 2.45) is 5.92 Å². The maximum atomic E-state index is 15.1. The van der Waals surface area contributed by atoms with Crippen molar-refractivity contribution in [3.8, 4) is 0 Å². The van der Waals surface area contributed by atoms with Gasteiger partial charge in [-0.05, 0) is 13.8 Å². The molecule has 5 heteroatoms. The van der Waals surface area contributed by atoms with E-state index in [1.165, 1.54) is 0 Å². The van der Waals surface area contributed by atoms with Crippen LogP contribution in [0.25, 0.3) is 0 Å². The highest BCUT2D eigenvalue weighted by Crippen LogP contribution is 2.28. The normalized spacial score (nSPS) is 24.2. The summed E-state index contributed by atoms with van der Waals surface area (Å²) in [5, 5.41) is 0. The standard InChI is InChI=1S/C17H32FN3O/c1-14(2)16(22)21-7-5-17(18,6-8-21)13-19-9-11-20(12-10-19)15(3)4/h14-15H,5-13H2,1-4H3. The van der Waals surface area contributed by atoms with Gasteiger partial charge >= 0.3 is 0 Å². The highest BCUT2D eigenvalue weighted by molar-refractivity contribution is 5.78. The van der Waals surface area contributed by atoms with Gasteiger partial charge < -0.3 is 4.90 Å². The predicted octanol–water partition coefficient (Wildman–Crippen LogP) is 2.00. The third kappa shape index (κ3) is 4.42. The van der Waals surface area contributed by atoms with Crippen LogP contribution in [-0.4, -0.2) is 78.1 Å². The van der Waals surface area contributed by atoms with Crippen molar-refractivity contribution < 1.29 is 9.18 Å². The van der Waals surface area contributed by atoms with Gasteiger partial charge in [-0.2, -0.15) is 0 Å². The van der Waals surface area contributed by atoms with Crippen LogP contribution in [0.3, 0.4) is 0 Å². The summed E-state index contributed by atoms with van der Waals surface area (Å²) in [6, 6.07) is 0.576. The first-order valence-corrected chi connectivity index (χ1v) is 8.75. The Bertz CT molecular complexity index is 370. The van der Waals surface area contributed by atoms with E-state index in [0.717, 1.165) is 26.2 Å². The fraction of sp³-hybridized carbons (Fsp3) is 0.941. The van der Waals surface area contributed by atoms with Gasteiger partial charge in [0.25, 0.3) is 0 Å². The highest BCUT2D eigenvalue weighted by atomic mass is 19.1. The van der Waals surface area contributed by atoms with Crippen molar-refractivity contribution in [3.05, 3.63) is 0 Å². The molecule has 0 N–H and O–H groups in total. The van der Waals surface area contributed by atoms with Crippen LogP contribution in [0, 0.1) is 5.92 Å². The van der Waals surface area contributed by atoms with E-state index < -0.39 is 5.67 Å². The number of carbonyl (C=O) groups is 1. The largest absolute Gasteiger partial charge is 0.342 e. The monoisotopic (exact) mass is 313 g/mol. The third-order valence-electron chi connectivity index (χ3n) is 5.11. The number of piperidine rings is 1. The van der Waals surface area contributed by atoms with Gasteiger partial charge in [0, 0.05) is 70.6 Å². The van der Waals surface area contributed by atoms with Gasteiger partial charge in [0.15, 0.2) is 0 Å². The van der Waals surface area contributed by atoms with Gasteiger partial charge in [-0.25, -0.2) is 4.39 Å². The fourth-order valence-corrected chi connectivity index (χ4v) is 3.49. The Labute approximate surface area is 134 Å². The number of carbonyl (C=O) groups excluding carboxylic acids is 1. The molecule has 0 saturated carbocycles. The van der Waals surface area contributed by atoms with E-state index >= 15 is 4.39 Å². The molecule has 1 amide bonds. The van der Waals surface area contributed by atoms with E-state index in [0.29, 0.717) is 38.5 Å². The van der Waals surface area contributed by atoms with E-state index in [1.807, 2.05) is 18.7 Å². The number of rotatable bonds is 4. The summed E-state index contributed by atoms with van der Waals surface area (Å²) in [5.74, 6) is 0.170. The van der Waals surface area contributed by atoms with Gasteiger partial charge in [0.2, 0.25) is 5.91 Å². The topological polar surface area (TPSA) is 26.8 Å². The summed E-state index contributed by atoms with van der Waals surface area (Å²) in [6.45, 7) is 13.9. The molecule has 0 radical (unpaired) electrons. The Morgan fingerprint density at radius 3 is 2.00 bits per heavy atom. The Morgan fingerprint density at radius 2 is 1.55 bits per heavy atom. The van der Waals surface area contributed by atoms with E-state index in [9.17, 15) is 4.79 Å². The van der Waals surface area contributed by atoms with Crippen LogP contribution in [0.5, 0.6) is 0 Å². The molecule has 128 valence electrons. The maximum Gasteiger partial charge on any atom is 0.225 e. The average Bonchev–Trinajstić information content (AvgIpc) is 2.47. The molecule has 0 bridgehead atoms. The molecular weight excluding hydrogens is 281 g/mol. The van der Waals surface area contributed by atoms with Gasteiger partial charge in [-0.15, -0.1) is 0 Å². The van der Waals surface area contributed by atoms with Crippen LogP contribution in [0.4, 0.5) is 4.39 Å². The summed E-state index contributed by atoms with van der Waals surface area (Å²) < 4.78 is 15.1. The van der Waals surface area contributed by atoms with Gasteiger partial charge in [-0.3, -0.25) is 14.6 Å². The number of hydrogen-bond acceptors (Lipinski definition) is 3. The molecule has 0 atom stereocenters. The van der Waals surface area contributed by atoms with E-state index in [2.05, 4.69) is 23.6 Å². The molecule has 2 saturated heterocycles. The zero-order valence-corrected chi connectivity index (χ0v) is 14.6. The molecule has 0 aromatic heterocycles. The zero-order chi connectivity index (χ0) is 16.3. The quantitative estimate of drug-likeness (QED) is 0.794. The molecule has 2 heterocycles. The molecule has 2 aliphatic heterocycles. The molecule has 4 nitrogen and oxygen atoms in total. The lowest BCUT2D eigenvalue weighted by atomic mass is 9.91. The number of hydrogen-bond donors (Lipinski definition) is 0. The summed E-state index contributed by atoms with van der Waals surface area (Å²) in [7, 11) is 0. The molecule has 0 aromatic carbocycles. The lowest BCUT2D eigenvalue weighted by Crippen LogP contribution is -2.55. The average molecular weight is 313 g/mol. The van der Waals surface area contributed by atoms with Gasteiger partial charge in [0.05, 0.1) is 0 Å². The maximum absolute atomic E-state index is 15.1. The van der Waals surface area contributed by atoms with Crippen LogP contribution in [0.15, 0.2) is 0 Å². The van der Waals surface area contributed by atoms with Crippen LogP contribution in [0.2, 0.25) is 0 Å². The first kappa shape index (κ1) is 17.7. The minimum Gasteiger partial charge on any atom is -0.342 e. The molecule has 2 rings (SSSR count). The lowest BCUT2D eigenvalue weighted by molar-refractivity contribution is -0.137. The van der Waals surface area contributed by atoms with Crippen molar-refractivity contribution in [2.75, 3.05) is 45.8 Å². The lowest BCUT2D eigenvalue weighted by Gasteiger charge is -2.42. The third-order valence-corrected chi connectivity index (χ3v) is 5.11. The second-order valence-corrected chi connectivity index (χ2v) is 7.54. The molecule has 0 spiro atoms. The second-order valence-electron chi connectivity index (χ2n) is 7.54. The van der Waals surface area contributed by atoms with Crippen molar-refractivity contribution >= 4 is 5.91 Å². The van der Waals surface area contributed by atoms with E-state index in [1.54, 1.807) is 0 Å². The molecular formula is C17H32FN3O. The summed E-state index contributed by atoms with van der Waals surface area (Å²) in [5.41, 5.74) is -1.12. The van der Waals surface area contributed by atoms with Crippen LogP contribution >= 0.6 is 0 Å². The number of amides is 1. The molecule has 0 aromatic rings. The fourth-order valence-electron chi connectivity index (χ4n) is 3.49. The van der Waals surface area contributed by atoms with Crippen LogP contribution < -0.4 is 0 Å². The van der Waals surface area contributed by atoms with Crippen molar-refractivity contribution in [1.29, 1.82) is 0 Å². The molecule has 22 heavy (non-hydrogen) atoms. The number of halogens is 1. The summed E-state index contributed by atoms with van der Waals surface area (Å²) in [6.07, 6.45) is 0.964. The number of piperazine rings is 1. The van der Waals surface area contributed by atoms with E-state index in [-0.39, 0.29) is 11.8 Å². The Hall–Kier alpha value is -0.680. The Morgan fingerprint density at radius 1 is 1.00 bits per heavy atom. The van der Waals surface area contributed by atoms with Crippen molar-refractivity contribution in [1.82, 2.24) is 14.7 Å². The summed E-state index contributed by atoms with van der Waals surface area (Å²) in [4.78, 5) is 18.5. The second kappa shape index (κ2) is 7.26. The SMILES string of the molecule is CC(C)C(=O)N1CCC(F)(CN2CCN(C(C)C)CC2)CC1. The molecule has 2 aliphatic rings. The van der Waals surface area contributed by atoms with Gasteiger partial charge in [-0.1, -0.05) is 13.8 Å². The van der Waals surface area contributed by atoms with E-state index in [4.69, 9.17) is 0 Å². The molecule has 0 unspecified atom stereocenters. The number of nitrogens with zero attached hydrogens (tertiary/aromatic N) is 3. The number of likely N-dealkylation sites (tertiary alicyclic amines) is 1. The first-order chi connectivity index (χ1) is 10.3. The van der Waals surface area contributed by atoms with Gasteiger partial charge in [0.1, 0.15) is 5.67 Å².